The molecule has 3 amide bonds. The van der Waals surface area contributed by atoms with Crippen LogP contribution in [-0.4, -0.2) is 34.7 Å². The number of fused-ring (bicyclic) bond motifs is 2. The molecule has 0 saturated carbocycles. The zero-order chi connectivity index (χ0) is 28.1. The number of thioether (sulfide) groups is 1. The predicted molar refractivity (Wildman–Crippen MR) is 158 cm³/mol. The molecule has 0 aliphatic carbocycles. The molecule has 0 radical (unpaired) electrons. The van der Waals surface area contributed by atoms with Crippen molar-refractivity contribution in [3.63, 3.8) is 0 Å². The van der Waals surface area contributed by atoms with Crippen molar-refractivity contribution in [2.45, 2.75) is 99.5 Å². The minimum Gasteiger partial charge on any atom is -0.299 e. The summed E-state index contributed by atoms with van der Waals surface area (Å²) in [6.07, 6.45) is 3.74. The van der Waals surface area contributed by atoms with Crippen LogP contribution in [0.2, 0.25) is 0 Å². The highest BCUT2D eigenvalue weighted by atomic mass is 32.2. The van der Waals surface area contributed by atoms with Crippen molar-refractivity contribution in [1.29, 1.82) is 0 Å². The molecule has 0 spiro atoms. The second-order valence-corrected chi connectivity index (χ2v) is 12.2. The van der Waals surface area contributed by atoms with Crippen LogP contribution in [0.3, 0.4) is 0 Å². The molecule has 1 saturated heterocycles. The summed E-state index contributed by atoms with van der Waals surface area (Å²) in [5.74, 6) is -0.610. The van der Waals surface area contributed by atoms with E-state index in [0.717, 1.165) is 46.5 Å². The number of allylic oxidation sites excluding steroid dienone is 4. The second-order valence-electron chi connectivity index (χ2n) is 11.1. The molecule has 3 heterocycles. The fraction of sp³-hybridized carbons (Fsp3) is 0.531. The fourth-order valence-electron chi connectivity index (χ4n) is 6.57. The van der Waals surface area contributed by atoms with Crippen molar-refractivity contribution in [2.24, 2.45) is 5.92 Å². The topological polar surface area (TPSA) is 57.7 Å². The maximum absolute atomic E-state index is 14.3. The maximum atomic E-state index is 14.3. The number of imide groups is 1. The Labute approximate surface area is 232 Å². The van der Waals surface area contributed by atoms with E-state index in [4.69, 9.17) is 0 Å². The van der Waals surface area contributed by atoms with Crippen LogP contribution >= 0.6 is 11.8 Å². The van der Waals surface area contributed by atoms with E-state index in [1.165, 1.54) is 32.1 Å². The lowest BCUT2D eigenvalue weighted by atomic mass is 9.72. The van der Waals surface area contributed by atoms with Crippen LogP contribution in [-0.2, 0) is 20.8 Å². The lowest BCUT2D eigenvalue weighted by Gasteiger charge is -2.52. The van der Waals surface area contributed by atoms with Crippen molar-refractivity contribution in [3.05, 3.63) is 55.9 Å². The van der Waals surface area contributed by atoms with Crippen molar-refractivity contribution < 1.29 is 14.4 Å². The van der Waals surface area contributed by atoms with Crippen LogP contribution in [0.5, 0.6) is 0 Å². The summed E-state index contributed by atoms with van der Waals surface area (Å²) in [7, 11) is 0. The molecule has 4 rings (SSSR count). The van der Waals surface area contributed by atoms with Gasteiger partial charge in [-0.3, -0.25) is 24.2 Å². The third kappa shape index (κ3) is 4.20. The molecule has 204 valence electrons. The highest BCUT2D eigenvalue weighted by Crippen LogP contribution is 2.60. The highest BCUT2D eigenvalue weighted by Gasteiger charge is 2.50. The minimum absolute atomic E-state index is 0.0987. The first-order chi connectivity index (χ1) is 18.0. The van der Waals surface area contributed by atoms with Gasteiger partial charge in [0.2, 0.25) is 17.7 Å². The summed E-state index contributed by atoms with van der Waals surface area (Å²) >= 11 is 1.83. The standard InChI is InChI=1S/C32H42N2O3S/c1-10-21-20(8)19(7)16-23-29-28(18(5)6)22(11-2)24(12-3)38-31(29)32(9,13-4)34(30(21)23)27(37)17-33-25(35)14-15-26(33)36/h16,28H,5,10-15,17H2,1-4,6-9H3. The Balaban J connectivity index is 2.05. The van der Waals surface area contributed by atoms with Crippen molar-refractivity contribution >= 4 is 40.7 Å². The van der Waals surface area contributed by atoms with E-state index in [1.54, 1.807) is 0 Å². The molecule has 3 aliphatic rings. The van der Waals surface area contributed by atoms with Crippen molar-refractivity contribution in [2.75, 3.05) is 11.4 Å². The van der Waals surface area contributed by atoms with Crippen molar-refractivity contribution in [3.8, 4) is 0 Å². The summed E-state index contributed by atoms with van der Waals surface area (Å²) in [4.78, 5) is 45.0. The minimum atomic E-state index is -0.616. The Morgan fingerprint density at radius 3 is 2.21 bits per heavy atom. The van der Waals surface area contributed by atoms with E-state index >= 15 is 0 Å². The van der Waals surface area contributed by atoms with Crippen LogP contribution in [0.25, 0.3) is 5.57 Å². The molecule has 38 heavy (non-hydrogen) atoms. The van der Waals surface area contributed by atoms with E-state index in [0.29, 0.717) is 6.42 Å². The zero-order valence-corrected chi connectivity index (χ0v) is 25.2. The van der Waals surface area contributed by atoms with Gasteiger partial charge in [0.05, 0.1) is 11.2 Å². The molecule has 5 nitrogen and oxygen atoms in total. The Morgan fingerprint density at radius 2 is 1.71 bits per heavy atom. The predicted octanol–water partition coefficient (Wildman–Crippen LogP) is 7.25. The van der Waals surface area contributed by atoms with Gasteiger partial charge in [-0.2, -0.15) is 0 Å². The molecule has 1 fully saturated rings. The van der Waals surface area contributed by atoms with Gasteiger partial charge >= 0.3 is 0 Å². The Kier molecular flexibility index (Phi) is 7.86. The molecule has 2 unspecified atom stereocenters. The Morgan fingerprint density at radius 1 is 1.08 bits per heavy atom. The number of rotatable bonds is 7. The van der Waals surface area contributed by atoms with Gasteiger partial charge in [-0.05, 0) is 92.2 Å². The SMILES string of the molecule is C=C(C)C1C(CC)=C(CC)SC2=C1c1cc(C)c(C)c(CC)c1N(C(=O)CN1C(=O)CCC1=O)C2(C)CC. The van der Waals surface area contributed by atoms with Crippen LogP contribution in [0.4, 0.5) is 5.69 Å². The van der Waals surface area contributed by atoms with Gasteiger partial charge in [-0.25, -0.2) is 0 Å². The zero-order valence-electron chi connectivity index (χ0n) is 24.3. The largest absolute Gasteiger partial charge is 0.299 e. The van der Waals surface area contributed by atoms with Crippen LogP contribution in [0, 0.1) is 19.8 Å². The average Bonchev–Trinajstić information content (AvgIpc) is 3.20. The van der Waals surface area contributed by atoms with E-state index in [2.05, 4.69) is 68.0 Å². The summed E-state index contributed by atoms with van der Waals surface area (Å²) in [6.45, 7) is 21.5. The van der Waals surface area contributed by atoms with E-state index < -0.39 is 5.54 Å². The van der Waals surface area contributed by atoms with Crippen molar-refractivity contribution in [1.82, 2.24) is 4.90 Å². The van der Waals surface area contributed by atoms with Gasteiger partial charge < -0.3 is 0 Å². The molecule has 3 aliphatic heterocycles. The third-order valence-corrected chi connectivity index (χ3v) is 10.5. The Hall–Kier alpha value is -2.60. The van der Waals surface area contributed by atoms with Gasteiger partial charge in [-0.1, -0.05) is 51.6 Å². The Bertz CT molecular complexity index is 1290. The molecule has 0 bridgehead atoms. The van der Waals surface area contributed by atoms with Crippen LogP contribution in [0.1, 0.15) is 95.9 Å². The molecule has 1 aromatic carbocycles. The number of hydrogen-bond acceptors (Lipinski definition) is 4. The monoisotopic (exact) mass is 534 g/mol. The van der Waals surface area contributed by atoms with Crippen LogP contribution < -0.4 is 4.90 Å². The number of carbonyl (C=O) groups is 3. The van der Waals surface area contributed by atoms with Gasteiger partial charge in [0.15, 0.2) is 0 Å². The molecular formula is C32H42N2O3S. The number of likely N-dealkylation sites (tertiary alicyclic amines) is 1. The molecule has 6 heteroatoms. The van der Waals surface area contributed by atoms with Crippen LogP contribution in [0.15, 0.2) is 33.6 Å². The smallest absolute Gasteiger partial charge is 0.247 e. The molecular weight excluding hydrogens is 492 g/mol. The lowest BCUT2D eigenvalue weighted by molar-refractivity contribution is -0.142. The number of carbonyl (C=O) groups excluding carboxylic acids is 3. The van der Waals surface area contributed by atoms with Gasteiger partial charge in [-0.15, -0.1) is 0 Å². The fourth-order valence-corrected chi connectivity index (χ4v) is 8.15. The number of nitrogens with zero attached hydrogens (tertiary/aromatic N) is 2. The van der Waals surface area contributed by atoms with E-state index in [1.807, 2.05) is 16.7 Å². The quantitative estimate of drug-likeness (QED) is 0.273. The normalized spacial score (nSPS) is 23.3. The van der Waals surface area contributed by atoms with Gasteiger partial charge in [0.1, 0.15) is 6.54 Å². The van der Waals surface area contributed by atoms with Gasteiger partial charge in [0.25, 0.3) is 0 Å². The van der Waals surface area contributed by atoms with E-state index in [9.17, 15) is 14.4 Å². The average molecular weight is 535 g/mol. The van der Waals surface area contributed by atoms with Gasteiger partial charge in [0, 0.05) is 29.2 Å². The molecule has 0 aromatic heterocycles. The first-order valence-corrected chi connectivity index (χ1v) is 14.9. The third-order valence-electron chi connectivity index (χ3n) is 8.84. The number of anilines is 1. The molecule has 2 atom stereocenters. The second kappa shape index (κ2) is 10.5. The summed E-state index contributed by atoms with van der Waals surface area (Å²) in [5, 5.41) is 0. The molecule has 0 N–H and O–H groups in total. The molecule has 1 aromatic rings. The summed E-state index contributed by atoms with van der Waals surface area (Å²) < 4.78 is 0. The lowest BCUT2D eigenvalue weighted by Crippen LogP contribution is -2.57. The highest BCUT2D eigenvalue weighted by molar-refractivity contribution is 8.07. The number of benzene rings is 1. The first kappa shape index (κ1) is 28.4. The van der Waals surface area contributed by atoms with E-state index in [-0.39, 0.29) is 43.0 Å². The number of hydrogen-bond donors (Lipinski definition) is 0. The number of aryl methyl sites for hydroxylation is 1. The first-order valence-electron chi connectivity index (χ1n) is 14.1. The maximum Gasteiger partial charge on any atom is 0.247 e. The number of amides is 3. The summed E-state index contributed by atoms with van der Waals surface area (Å²) in [6, 6.07) is 2.25. The summed E-state index contributed by atoms with van der Waals surface area (Å²) in [5.41, 5.74) is 8.82.